The maximum absolute atomic E-state index is 5.56. The third-order valence-corrected chi connectivity index (χ3v) is 3.03. The van der Waals surface area contributed by atoms with Crippen LogP contribution in [0.25, 0.3) is 0 Å². The zero-order valence-electron chi connectivity index (χ0n) is 11.0. The van der Waals surface area contributed by atoms with Crippen LogP contribution in [0.5, 0.6) is 5.75 Å². The first-order valence-corrected chi connectivity index (χ1v) is 5.74. The molecule has 0 bridgehead atoms. The van der Waals surface area contributed by atoms with Crippen LogP contribution in [0.1, 0.15) is 18.1 Å². The van der Waals surface area contributed by atoms with Gasteiger partial charge in [0.15, 0.2) is 0 Å². The van der Waals surface area contributed by atoms with E-state index in [4.69, 9.17) is 15.3 Å². The predicted molar refractivity (Wildman–Crippen MR) is 69.0 cm³/mol. The lowest BCUT2D eigenvalue weighted by atomic mass is 10.00. The van der Waals surface area contributed by atoms with Crippen LogP contribution in [-0.2, 0) is 11.2 Å². The van der Waals surface area contributed by atoms with E-state index in [9.17, 15) is 0 Å². The van der Waals surface area contributed by atoms with Crippen molar-refractivity contribution < 1.29 is 9.47 Å². The fraction of sp³-hybridized carbons (Fsp3) is 0.538. The Morgan fingerprint density at radius 1 is 1.35 bits per heavy atom. The Morgan fingerprint density at radius 2 is 2.06 bits per heavy atom. The molecule has 4 heteroatoms. The molecule has 0 aliphatic rings. The van der Waals surface area contributed by atoms with Gasteiger partial charge in [-0.05, 0) is 31.9 Å². The molecule has 2 atom stereocenters. The molecule has 0 spiro atoms. The summed E-state index contributed by atoms with van der Waals surface area (Å²) in [6, 6.07) is 6.20. The first-order valence-electron chi connectivity index (χ1n) is 5.74. The number of aryl methyl sites for hydroxylation is 1. The summed E-state index contributed by atoms with van der Waals surface area (Å²) >= 11 is 0. The van der Waals surface area contributed by atoms with E-state index in [1.54, 1.807) is 14.2 Å². The molecule has 0 heterocycles. The van der Waals surface area contributed by atoms with Gasteiger partial charge in [0.1, 0.15) is 5.75 Å². The number of rotatable bonds is 6. The zero-order chi connectivity index (χ0) is 12.8. The number of nitrogens with two attached hydrogens (primary N) is 1. The third-order valence-electron chi connectivity index (χ3n) is 3.03. The highest BCUT2D eigenvalue weighted by molar-refractivity contribution is 5.37. The van der Waals surface area contributed by atoms with Gasteiger partial charge in [0, 0.05) is 7.11 Å². The van der Waals surface area contributed by atoms with Crippen molar-refractivity contribution in [1.82, 2.24) is 5.43 Å². The molecule has 0 aliphatic carbocycles. The van der Waals surface area contributed by atoms with Crippen LogP contribution in [-0.4, -0.2) is 26.4 Å². The van der Waals surface area contributed by atoms with Crippen LogP contribution in [0.2, 0.25) is 0 Å². The molecule has 4 nitrogen and oxygen atoms in total. The van der Waals surface area contributed by atoms with Gasteiger partial charge in [-0.15, -0.1) is 0 Å². The molecule has 1 aromatic carbocycles. The maximum atomic E-state index is 5.56. The number of ether oxygens (including phenoxy) is 2. The Bertz CT molecular complexity index is 355. The van der Waals surface area contributed by atoms with Gasteiger partial charge in [0.25, 0.3) is 0 Å². The predicted octanol–water partition coefficient (Wildman–Crippen LogP) is 1.41. The van der Waals surface area contributed by atoms with E-state index in [0.717, 1.165) is 17.7 Å². The Labute approximate surface area is 103 Å². The summed E-state index contributed by atoms with van der Waals surface area (Å²) in [7, 11) is 3.36. The standard InChI is InChI=1S/C13H22N2O2/c1-9-5-6-13(17-4)11(7-9)8-12(15-14)10(2)16-3/h5-7,10,12,15H,8,14H2,1-4H3. The Morgan fingerprint density at radius 3 is 2.59 bits per heavy atom. The molecule has 1 aromatic rings. The third kappa shape index (κ3) is 3.70. The van der Waals surface area contributed by atoms with Crippen molar-refractivity contribution in [2.45, 2.75) is 32.4 Å². The van der Waals surface area contributed by atoms with Gasteiger partial charge in [0.05, 0.1) is 19.3 Å². The van der Waals surface area contributed by atoms with E-state index in [0.29, 0.717) is 0 Å². The quantitative estimate of drug-likeness (QED) is 0.581. The minimum absolute atomic E-state index is 0.0465. The minimum atomic E-state index is 0.0465. The fourth-order valence-electron chi connectivity index (χ4n) is 1.83. The molecule has 2 unspecified atom stereocenters. The molecule has 0 fully saturated rings. The summed E-state index contributed by atoms with van der Waals surface area (Å²) in [5.41, 5.74) is 5.14. The Kier molecular flexibility index (Phi) is 5.41. The Hall–Kier alpha value is -1.10. The summed E-state index contributed by atoms with van der Waals surface area (Å²) in [4.78, 5) is 0. The molecule has 0 saturated heterocycles. The average molecular weight is 238 g/mol. The second-order valence-corrected chi connectivity index (χ2v) is 4.23. The molecule has 0 radical (unpaired) electrons. The number of hydrogen-bond acceptors (Lipinski definition) is 4. The van der Waals surface area contributed by atoms with Gasteiger partial charge in [-0.2, -0.15) is 0 Å². The zero-order valence-corrected chi connectivity index (χ0v) is 11.0. The number of methoxy groups -OCH3 is 2. The number of nitrogens with one attached hydrogen (secondary N) is 1. The molecule has 96 valence electrons. The maximum Gasteiger partial charge on any atom is 0.122 e. The number of hydrazine groups is 1. The van der Waals surface area contributed by atoms with Gasteiger partial charge in [-0.25, -0.2) is 0 Å². The highest BCUT2D eigenvalue weighted by Gasteiger charge is 2.17. The molecule has 1 rings (SSSR count). The minimum Gasteiger partial charge on any atom is -0.496 e. The molecule has 0 saturated carbocycles. The summed E-state index contributed by atoms with van der Waals surface area (Å²) in [5, 5.41) is 0. The van der Waals surface area contributed by atoms with E-state index in [2.05, 4.69) is 18.4 Å². The van der Waals surface area contributed by atoms with Crippen molar-refractivity contribution in [3.8, 4) is 5.75 Å². The lowest BCUT2D eigenvalue weighted by molar-refractivity contribution is 0.0829. The average Bonchev–Trinajstić information content (AvgIpc) is 2.35. The van der Waals surface area contributed by atoms with Crippen molar-refractivity contribution >= 4 is 0 Å². The van der Waals surface area contributed by atoms with E-state index in [1.165, 1.54) is 5.56 Å². The van der Waals surface area contributed by atoms with Crippen molar-refractivity contribution in [2.75, 3.05) is 14.2 Å². The van der Waals surface area contributed by atoms with Crippen LogP contribution in [0.4, 0.5) is 0 Å². The van der Waals surface area contributed by atoms with Gasteiger partial charge >= 0.3 is 0 Å². The van der Waals surface area contributed by atoms with E-state index < -0.39 is 0 Å². The lowest BCUT2D eigenvalue weighted by Gasteiger charge is -2.23. The smallest absolute Gasteiger partial charge is 0.122 e. The second kappa shape index (κ2) is 6.59. The van der Waals surface area contributed by atoms with Crippen molar-refractivity contribution in [1.29, 1.82) is 0 Å². The van der Waals surface area contributed by atoms with Gasteiger partial charge < -0.3 is 9.47 Å². The molecule has 0 aromatic heterocycles. The summed E-state index contributed by atoms with van der Waals surface area (Å²) in [6.45, 7) is 4.06. The highest BCUT2D eigenvalue weighted by atomic mass is 16.5. The van der Waals surface area contributed by atoms with Crippen molar-refractivity contribution in [3.63, 3.8) is 0 Å². The summed E-state index contributed by atoms with van der Waals surface area (Å²) < 4.78 is 10.6. The molecule has 17 heavy (non-hydrogen) atoms. The normalized spacial score (nSPS) is 14.4. The van der Waals surface area contributed by atoms with Crippen LogP contribution >= 0.6 is 0 Å². The highest BCUT2D eigenvalue weighted by Crippen LogP contribution is 2.22. The summed E-state index contributed by atoms with van der Waals surface area (Å²) in [6.07, 6.45) is 0.821. The first-order chi connectivity index (χ1) is 8.12. The SMILES string of the molecule is COc1ccc(C)cc1CC(NN)C(C)OC. The van der Waals surface area contributed by atoms with Gasteiger partial charge in [-0.1, -0.05) is 17.7 Å². The largest absolute Gasteiger partial charge is 0.496 e. The van der Waals surface area contributed by atoms with E-state index in [-0.39, 0.29) is 12.1 Å². The Balaban J connectivity index is 2.88. The summed E-state index contributed by atoms with van der Waals surface area (Å²) in [5.74, 6) is 6.44. The van der Waals surface area contributed by atoms with E-state index >= 15 is 0 Å². The second-order valence-electron chi connectivity index (χ2n) is 4.23. The molecular formula is C13H22N2O2. The molecule has 0 amide bonds. The fourth-order valence-corrected chi connectivity index (χ4v) is 1.83. The monoisotopic (exact) mass is 238 g/mol. The van der Waals surface area contributed by atoms with E-state index in [1.807, 2.05) is 19.1 Å². The van der Waals surface area contributed by atoms with Crippen LogP contribution < -0.4 is 16.0 Å². The van der Waals surface area contributed by atoms with Crippen molar-refractivity contribution in [2.24, 2.45) is 5.84 Å². The van der Waals surface area contributed by atoms with Crippen molar-refractivity contribution in [3.05, 3.63) is 29.3 Å². The van der Waals surface area contributed by atoms with Crippen LogP contribution in [0.3, 0.4) is 0 Å². The van der Waals surface area contributed by atoms with Crippen LogP contribution in [0, 0.1) is 6.92 Å². The molecule has 3 N–H and O–H groups in total. The number of benzene rings is 1. The van der Waals surface area contributed by atoms with Gasteiger partial charge in [0.2, 0.25) is 0 Å². The molecular weight excluding hydrogens is 216 g/mol. The lowest BCUT2D eigenvalue weighted by Crippen LogP contribution is -2.45. The topological polar surface area (TPSA) is 56.5 Å². The number of hydrogen-bond donors (Lipinski definition) is 2. The molecule has 0 aliphatic heterocycles. The van der Waals surface area contributed by atoms with Crippen LogP contribution in [0.15, 0.2) is 18.2 Å². The first kappa shape index (κ1) is 14.0. The van der Waals surface area contributed by atoms with Gasteiger partial charge in [-0.3, -0.25) is 11.3 Å².